The summed E-state index contributed by atoms with van der Waals surface area (Å²) in [5.41, 5.74) is 6.44. The number of carbonyl (C=O) groups is 1. The fourth-order valence-electron chi connectivity index (χ4n) is 1.93. The van der Waals surface area contributed by atoms with Gasteiger partial charge in [0.15, 0.2) is 0 Å². The normalized spacial score (nSPS) is 12.4. The number of unbranched alkanes of at least 4 members (excludes halogenated alkanes) is 2. The van der Waals surface area contributed by atoms with Crippen LogP contribution in [0.5, 0.6) is 0 Å². The number of aromatic nitrogens is 1. The Hall–Kier alpha value is -0.940. The molecule has 0 saturated carbocycles. The van der Waals surface area contributed by atoms with Crippen LogP contribution in [0.25, 0.3) is 0 Å². The third-order valence-electron chi connectivity index (χ3n) is 2.82. The number of nitrogens with one attached hydrogen (secondary N) is 1. The molecule has 0 spiro atoms. The second kappa shape index (κ2) is 7.48. The van der Waals surface area contributed by atoms with E-state index in [9.17, 15) is 4.79 Å². The lowest BCUT2D eigenvalue weighted by Gasteiger charge is -2.12. The maximum Gasteiger partial charge on any atom is 0.220 e. The highest BCUT2D eigenvalue weighted by molar-refractivity contribution is 7.11. The van der Waals surface area contributed by atoms with Crippen LogP contribution >= 0.6 is 11.3 Å². The highest BCUT2D eigenvalue weighted by atomic mass is 32.1. The molecule has 1 amide bonds. The zero-order valence-electron chi connectivity index (χ0n) is 11.5. The van der Waals surface area contributed by atoms with Crippen LogP contribution in [0.3, 0.4) is 0 Å². The number of aryl methyl sites for hydroxylation is 2. The lowest BCUT2D eigenvalue weighted by Crippen LogP contribution is -2.26. The molecule has 1 aromatic heterocycles. The van der Waals surface area contributed by atoms with Crippen molar-refractivity contribution in [3.8, 4) is 0 Å². The molecule has 0 fully saturated rings. The molecule has 1 atom stereocenters. The van der Waals surface area contributed by atoms with E-state index in [1.807, 2.05) is 20.8 Å². The third-order valence-corrected chi connectivity index (χ3v) is 4.07. The van der Waals surface area contributed by atoms with Gasteiger partial charge in [0.05, 0.1) is 16.7 Å². The van der Waals surface area contributed by atoms with Crippen LogP contribution in [0, 0.1) is 13.8 Å². The van der Waals surface area contributed by atoms with E-state index in [0.29, 0.717) is 13.0 Å². The first kappa shape index (κ1) is 15.1. The SMILES string of the molecule is Cc1nc(C)c(C(C)NC(=O)CCCCCN)s1. The Balaban J connectivity index is 2.37. The molecule has 0 bridgehead atoms. The molecule has 1 heterocycles. The number of amides is 1. The molecule has 1 unspecified atom stereocenters. The predicted molar refractivity (Wildman–Crippen MR) is 75.7 cm³/mol. The topological polar surface area (TPSA) is 68.0 Å². The molecule has 1 rings (SSSR count). The van der Waals surface area contributed by atoms with Crippen molar-refractivity contribution in [2.24, 2.45) is 5.73 Å². The van der Waals surface area contributed by atoms with Crippen molar-refractivity contribution >= 4 is 17.2 Å². The minimum atomic E-state index is 0.0539. The van der Waals surface area contributed by atoms with Crippen molar-refractivity contribution in [3.63, 3.8) is 0 Å². The van der Waals surface area contributed by atoms with Gasteiger partial charge in [-0.15, -0.1) is 11.3 Å². The van der Waals surface area contributed by atoms with Crippen molar-refractivity contribution < 1.29 is 4.79 Å². The van der Waals surface area contributed by atoms with E-state index >= 15 is 0 Å². The van der Waals surface area contributed by atoms with Gasteiger partial charge in [-0.3, -0.25) is 4.79 Å². The van der Waals surface area contributed by atoms with Crippen LogP contribution in [0.1, 0.15) is 54.2 Å². The minimum absolute atomic E-state index is 0.0539. The summed E-state index contributed by atoms with van der Waals surface area (Å²) in [4.78, 5) is 17.3. The summed E-state index contributed by atoms with van der Waals surface area (Å²) >= 11 is 1.65. The standard InChI is InChI=1S/C13H23N3OS/c1-9-13(18-11(3)15-9)10(2)16-12(17)7-5-4-6-8-14/h10H,4-8,14H2,1-3H3,(H,16,17). The number of hydrogen-bond donors (Lipinski definition) is 2. The number of nitrogens with two attached hydrogens (primary N) is 1. The van der Waals surface area contributed by atoms with E-state index in [1.165, 1.54) is 0 Å². The summed E-state index contributed by atoms with van der Waals surface area (Å²) in [6.07, 6.45) is 3.52. The molecule has 102 valence electrons. The number of hydrogen-bond acceptors (Lipinski definition) is 4. The Morgan fingerprint density at radius 3 is 2.67 bits per heavy atom. The van der Waals surface area contributed by atoms with Gasteiger partial charge in [-0.25, -0.2) is 4.98 Å². The highest BCUT2D eigenvalue weighted by Gasteiger charge is 2.14. The molecule has 0 aliphatic carbocycles. The van der Waals surface area contributed by atoms with Crippen LogP contribution in [0.4, 0.5) is 0 Å². The van der Waals surface area contributed by atoms with Gasteiger partial charge in [-0.2, -0.15) is 0 Å². The first-order valence-electron chi connectivity index (χ1n) is 6.48. The molecule has 4 nitrogen and oxygen atoms in total. The van der Waals surface area contributed by atoms with Gasteiger partial charge in [0.1, 0.15) is 0 Å². The smallest absolute Gasteiger partial charge is 0.220 e. The predicted octanol–water partition coefficient (Wildman–Crippen LogP) is 2.46. The second-order valence-corrected chi connectivity index (χ2v) is 5.81. The van der Waals surface area contributed by atoms with Gasteiger partial charge >= 0.3 is 0 Å². The second-order valence-electron chi connectivity index (χ2n) is 4.57. The summed E-state index contributed by atoms with van der Waals surface area (Å²) in [6, 6.07) is 0.0539. The lowest BCUT2D eigenvalue weighted by atomic mass is 10.1. The van der Waals surface area contributed by atoms with Crippen molar-refractivity contribution in [3.05, 3.63) is 15.6 Å². The average Bonchev–Trinajstić information content (AvgIpc) is 2.64. The van der Waals surface area contributed by atoms with E-state index in [1.54, 1.807) is 11.3 Å². The maximum absolute atomic E-state index is 11.7. The number of rotatable bonds is 7. The van der Waals surface area contributed by atoms with Gasteiger partial charge < -0.3 is 11.1 Å². The first-order chi connectivity index (χ1) is 8.54. The average molecular weight is 269 g/mol. The molecule has 0 radical (unpaired) electrons. The van der Waals surface area contributed by atoms with Crippen molar-refractivity contribution in [1.82, 2.24) is 10.3 Å². The summed E-state index contributed by atoms with van der Waals surface area (Å²) in [5, 5.41) is 4.08. The molecular formula is C13H23N3OS. The molecule has 0 saturated heterocycles. The third kappa shape index (κ3) is 4.74. The zero-order chi connectivity index (χ0) is 13.5. The van der Waals surface area contributed by atoms with Crippen molar-refractivity contribution in [2.75, 3.05) is 6.54 Å². The van der Waals surface area contributed by atoms with Gasteiger partial charge in [0, 0.05) is 11.3 Å². The minimum Gasteiger partial charge on any atom is -0.349 e. The molecule has 3 N–H and O–H groups in total. The molecule has 18 heavy (non-hydrogen) atoms. The van der Waals surface area contributed by atoms with Crippen LogP contribution < -0.4 is 11.1 Å². The quantitative estimate of drug-likeness (QED) is 0.747. The Bertz CT molecular complexity index is 390. The zero-order valence-corrected chi connectivity index (χ0v) is 12.3. The van der Waals surface area contributed by atoms with Gasteiger partial charge in [0.2, 0.25) is 5.91 Å². The van der Waals surface area contributed by atoms with Gasteiger partial charge in [0.25, 0.3) is 0 Å². The summed E-state index contributed by atoms with van der Waals surface area (Å²) in [6.45, 7) is 6.69. The molecule has 5 heteroatoms. The van der Waals surface area contributed by atoms with Crippen molar-refractivity contribution in [2.45, 2.75) is 52.5 Å². The van der Waals surface area contributed by atoms with Crippen LogP contribution in [-0.2, 0) is 4.79 Å². The van der Waals surface area contributed by atoms with E-state index in [0.717, 1.165) is 34.8 Å². The summed E-state index contributed by atoms with van der Waals surface area (Å²) in [7, 11) is 0. The first-order valence-corrected chi connectivity index (χ1v) is 7.29. The lowest BCUT2D eigenvalue weighted by molar-refractivity contribution is -0.121. The van der Waals surface area contributed by atoms with Crippen LogP contribution in [-0.4, -0.2) is 17.4 Å². The monoisotopic (exact) mass is 269 g/mol. The Kier molecular flexibility index (Phi) is 6.29. The van der Waals surface area contributed by atoms with Crippen LogP contribution in [0.15, 0.2) is 0 Å². The highest BCUT2D eigenvalue weighted by Crippen LogP contribution is 2.24. The summed E-state index contributed by atoms with van der Waals surface area (Å²) < 4.78 is 0. The Morgan fingerprint density at radius 2 is 2.11 bits per heavy atom. The maximum atomic E-state index is 11.7. The molecule has 0 aliphatic heterocycles. The summed E-state index contributed by atoms with van der Waals surface area (Å²) in [5.74, 6) is 0.116. The Morgan fingerprint density at radius 1 is 1.39 bits per heavy atom. The van der Waals surface area contributed by atoms with Crippen molar-refractivity contribution in [1.29, 1.82) is 0 Å². The fourth-order valence-corrected chi connectivity index (χ4v) is 2.86. The molecule has 0 aliphatic rings. The molecule has 1 aromatic rings. The van der Waals surface area contributed by atoms with Gasteiger partial charge in [-0.05, 0) is 40.2 Å². The fraction of sp³-hybridized carbons (Fsp3) is 0.692. The van der Waals surface area contributed by atoms with E-state index in [4.69, 9.17) is 5.73 Å². The Labute approximate surface area is 113 Å². The number of thiazole rings is 1. The number of nitrogens with zero attached hydrogens (tertiary/aromatic N) is 1. The van der Waals surface area contributed by atoms with E-state index in [-0.39, 0.29) is 11.9 Å². The van der Waals surface area contributed by atoms with E-state index < -0.39 is 0 Å². The molecular weight excluding hydrogens is 246 g/mol. The number of carbonyl (C=O) groups excluding carboxylic acids is 1. The largest absolute Gasteiger partial charge is 0.349 e. The van der Waals surface area contributed by atoms with Gasteiger partial charge in [-0.1, -0.05) is 6.42 Å². The van der Waals surface area contributed by atoms with Crippen LogP contribution in [0.2, 0.25) is 0 Å². The molecule has 0 aromatic carbocycles. The van der Waals surface area contributed by atoms with E-state index in [2.05, 4.69) is 10.3 Å².